The fourth-order valence-corrected chi connectivity index (χ4v) is 3.42. The number of anilines is 2. The van der Waals surface area contributed by atoms with E-state index in [-0.39, 0.29) is 17.2 Å². The van der Waals surface area contributed by atoms with Crippen molar-refractivity contribution >= 4 is 34.6 Å². The maximum atomic E-state index is 12.5. The number of rotatable bonds is 7. The number of pyridine rings is 1. The SMILES string of the molecule is CN(C)C(=O)c1cccc(-c2cccc(NC(=O)NCc3cccnc3)c2)c1NS(=O)[O-]. The van der Waals surface area contributed by atoms with Crippen molar-refractivity contribution in [2.24, 2.45) is 0 Å². The monoisotopic (exact) mass is 452 g/mol. The molecule has 0 fully saturated rings. The lowest BCUT2D eigenvalue weighted by Crippen LogP contribution is -2.28. The molecule has 3 rings (SSSR count). The first-order valence-corrected chi connectivity index (χ1v) is 10.7. The normalized spacial score (nSPS) is 11.3. The largest absolute Gasteiger partial charge is 0.755 e. The van der Waals surface area contributed by atoms with E-state index in [4.69, 9.17) is 0 Å². The first-order chi connectivity index (χ1) is 15.3. The number of hydrogen-bond donors (Lipinski definition) is 3. The van der Waals surface area contributed by atoms with E-state index in [2.05, 4.69) is 20.3 Å². The first-order valence-electron chi connectivity index (χ1n) is 9.60. The van der Waals surface area contributed by atoms with Gasteiger partial charge in [0, 0.05) is 55.6 Å². The summed E-state index contributed by atoms with van der Waals surface area (Å²) in [5, 5.41) is 5.50. The van der Waals surface area contributed by atoms with Gasteiger partial charge in [0.1, 0.15) is 0 Å². The van der Waals surface area contributed by atoms with Crippen LogP contribution >= 0.6 is 0 Å². The zero-order chi connectivity index (χ0) is 23.1. The number of para-hydroxylation sites is 1. The van der Waals surface area contributed by atoms with Gasteiger partial charge in [0.25, 0.3) is 5.91 Å². The van der Waals surface area contributed by atoms with Gasteiger partial charge >= 0.3 is 6.03 Å². The van der Waals surface area contributed by atoms with Crippen molar-refractivity contribution in [3.05, 3.63) is 78.1 Å². The van der Waals surface area contributed by atoms with Crippen molar-refractivity contribution in [2.75, 3.05) is 24.1 Å². The summed E-state index contributed by atoms with van der Waals surface area (Å²) in [6, 6.07) is 15.0. The summed E-state index contributed by atoms with van der Waals surface area (Å²) in [5.41, 5.74) is 2.87. The zero-order valence-electron chi connectivity index (χ0n) is 17.5. The van der Waals surface area contributed by atoms with Crippen LogP contribution in [0.25, 0.3) is 11.1 Å². The highest BCUT2D eigenvalue weighted by Gasteiger charge is 2.18. The van der Waals surface area contributed by atoms with E-state index >= 15 is 0 Å². The number of nitrogens with zero attached hydrogens (tertiary/aromatic N) is 2. The molecule has 2 aromatic carbocycles. The molecule has 10 heteroatoms. The molecule has 0 saturated heterocycles. The second-order valence-corrected chi connectivity index (χ2v) is 7.69. The lowest BCUT2D eigenvalue weighted by Gasteiger charge is -2.20. The fraction of sp³-hybridized carbons (Fsp3) is 0.136. The van der Waals surface area contributed by atoms with Crippen molar-refractivity contribution in [3.63, 3.8) is 0 Å². The van der Waals surface area contributed by atoms with Gasteiger partial charge in [0.05, 0.1) is 11.3 Å². The second-order valence-electron chi connectivity index (χ2n) is 7.01. The van der Waals surface area contributed by atoms with E-state index < -0.39 is 17.3 Å². The summed E-state index contributed by atoms with van der Waals surface area (Å²) < 4.78 is 25.1. The van der Waals surface area contributed by atoms with Crippen LogP contribution in [-0.2, 0) is 17.8 Å². The highest BCUT2D eigenvalue weighted by Crippen LogP contribution is 2.33. The summed E-state index contributed by atoms with van der Waals surface area (Å²) >= 11 is -2.63. The highest BCUT2D eigenvalue weighted by atomic mass is 32.2. The maximum absolute atomic E-state index is 12.5. The van der Waals surface area contributed by atoms with Gasteiger partial charge in [-0.05, 0) is 35.4 Å². The van der Waals surface area contributed by atoms with Crippen LogP contribution in [0, 0.1) is 0 Å². The molecule has 0 bridgehead atoms. The number of carbonyl (C=O) groups is 2. The molecule has 1 aromatic heterocycles. The van der Waals surface area contributed by atoms with Crippen LogP contribution in [0.3, 0.4) is 0 Å². The van der Waals surface area contributed by atoms with E-state index in [0.29, 0.717) is 23.4 Å². The Balaban J connectivity index is 1.85. The van der Waals surface area contributed by atoms with Crippen molar-refractivity contribution < 1.29 is 18.4 Å². The van der Waals surface area contributed by atoms with Gasteiger partial charge in [-0.25, -0.2) is 4.79 Å². The minimum atomic E-state index is -2.63. The van der Waals surface area contributed by atoms with E-state index in [1.165, 1.54) is 4.90 Å². The third-order valence-electron chi connectivity index (χ3n) is 4.49. The predicted molar refractivity (Wildman–Crippen MR) is 123 cm³/mol. The number of nitrogens with one attached hydrogen (secondary N) is 3. The number of aromatic nitrogens is 1. The zero-order valence-corrected chi connectivity index (χ0v) is 18.3. The third-order valence-corrected chi connectivity index (χ3v) is 4.86. The third kappa shape index (κ3) is 5.90. The molecule has 0 saturated carbocycles. The molecule has 166 valence electrons. The molecule has 1 atom stereocenters. The van der Waals surface area contributed by atoms with Crippen LogP contribution in [0.4, 0.5) is 16.2 Å². The minimum absolute atomic E-state index is 0.165. The Morgan fingerprint density at radius 1 is 1.09 bits per heavy atom. The Bertz CT molecular complexity index is 1140. The van der Waals surface area contributed by atoms with Crippen molar-refractivity contribution in [3.8, 4) is 11.1 Å². The molecule has 3 aromatic rings. The lowest BCUT2D eigenvalue weighted by atomic mass is 9.99. The summed E-state index contributed by atoms with van der Waals surface area (Å²) in [7, 11) is 3.17. The molecule has 0 aliphatic heterocycles. The molecule has 3 amide bonds. The van der Waals surface area contributed by atoms with Gasteiger partial charge in [-0.1, -0.05) is 30.3 Å². The topological polar surface area (TPSA) is 126 Å². The van der Waals surface area contributed by atoms with E-state index in [1.807, 2.05) is 6.07 Å². The van der Waals surface area contributed by atoms with E-state index in [1.54, 1.807) is 75.0 Å². The van der Waals surface area contributed by atoms with Crippen molar-refractivity contribution in [2.45, 2.75) is 6.54 Å². The second kappa shape index (κ2) is 10.5. The Morgan fingerprint density at radius 2 is 1.88 bits per heavy atom. The number of urea groups is 1. The standard InChI is InChI=1S/C22H23N5O4S/c1-27(2)21(28)19-10-4-9-18(20(19)26-32(30)31)16-7-3-8-17(12-16)25-22(29)24-14-15-6-5-11-23-13-15/h3-13,26H,14H2,1-2H3,(H,30,31)(H2,24,25,29)/p-1. The lowest BCUT2D eigenvalue weighted by molar-refractivity contribution is 0.0828. The van der Waals surface area contributed by atoms with Crippen LogP contribution in [-0.4, -0.2) is 44.7 Å². The Hall–Kier alpha value is -3.76. The average Bonchev–Trinajstić information content (AvgIpc) is 2.78. The molecule has 0 aliphatic rings. The first kappa shape index (κ1) is 22.9. The molecule has 1 heterocycles. The molecule has 0 radical (unpaired) electrons. The molecular weight excluding hydrogens is 430 g/mol. The van der Waals surface area contributed by atoms with E-state index in [0.717, 1.165) is 5.56 Å². The molecular formula is C22H22N5O4S-. The molecule has 0 aliphatic carbocycles. The number of benzene rings is 2. The summed E-state index contributed by atoms with van der Waals surface area (Å²) in [4.78, 5) is 30.2. The fourth-order valence-electron chi connectivity index (χ4n) is 3.03. The summed E-state index contributed by atoms with van der Waals surface area (Å²) in [5.74, 6) is -0.344. The van der Waals surface area contributed by atoms with Gasteiger partial charge in [-0.15, -0.1) is 0 Å². The predicted octanol–water partition coefficient (Wildman–Crippen LogP) is 2.98. The van der Waals surface area contributed by atoms with Crippen LogP contribution in [0.15, 0.2) is 67.0 Å². The van der Waals surface area contributed by atoms with Crippen molar-refractivity contribution in [1.29, 1.82) is 0 Å². The molecule has 9 nitrogen and oxygen atoms in total. The minimum Gasteiger partial charge on any atom is -0.755 e. The maximum Gasteiger partial charge on any atom is 0.319 e. The Morgan fingerprint density at radius 3 is 2.56 bits per heavy atom. The smallest absolute Gasteiger partial charge is 0.319 e. The molecule has 0 spiro atoms. The van der Waals surface area contributed by atoms with Gasteiger partial charge in [0.2, 0.25) is 0 Å². The quantitative estimate of drug-likeness (QED) is 0.475. The number of amides is 3. The average molecular weight is 453 g/mol. The van der Waals surface area contributed by atoms with Gasteiger partial charge < -0.3 is 24.8 Å². The Kier molecular flexibility index (Phi) is 7.53. The molecule has 1 unspecified atom stereocenters. The molecule has 32 heavy (non-hydrogen) atoms. The van der Waals surface area contributed by atoms with Gasteiger partial charge in [-0.3, -0.25) is 14.0 Å². The van der Waals surface area contributed by atoms with Gasteiger partial charge in [-0.2, -0.15) is 0 Å². The van der Waals surface area contributed by atoms with Crippen LogP contribution in [0.1, 0.15) is 15.9 Å². The highest BCUT2D eigenvalue weighted by molar-refractivity contribution is 7.80. The van der Waals surface area contributed by atoms with Crippen LogP contribution < -0.4 is 15.4 Å². The van der Waals surface area contributed by atoms with Crippen LogP contribution in [0.2, 0.25) is 0 Å². The van der Waals surface area contributed by atoms with Gasteiger partial charge in [0.15, 0.2) is 0 Å². The summed E-state index contributed by atoms with van der Waals surface area (Å²) in [6.07, 6.45) is 3.32. The van der Waals surface area contributed by atoms with Crippen LogP contribution in [0.5, 0.6) is 0 Å². The summed E-state index contributed by atoms with van der Waals surface area (Å²) in [6.45, 7) is 0.317. The van der Waals surface area contributed by atoms with Crippen molar-refractivity contribution in [1.82, 2.24) is 15.2 Å². The van der Waals surface area contributed by atoms with E-state index in [9.17, 15) is 18.4 Å². The molecule has 3 N–H and O–H groups in total. The number of hydrogen-bond acceptors (Lipinski definition) is 5. The number of carbonyl (C=O) groups excluding carboxylic acids is 2. The Labute approximate surface area is 188 Å².